The number of nitrogens with one attached hydrogen (secondary N) is 13. The van der Waals surface area contributed by atoms with Crippen molar-refractivity contribution in [2.24, 2.45) is 16.9 Å². The molecular formula is C99H126N20O24S2. The Kier molecular flexibility index (Phi) is 39.2. The van der Waals surface area contributed by atoms with E-state index in [0.29, 0.717) is 23.1 Å². The Morgan fingerprint density at radius 3 is 1.88 bits per heavy atom. The maximum atomic E-state index is 16.1. The van der Waals surface area contributed by atoms with Gasteiger partial charge in [-0.3, -0.25) is 91.0 Å². The quantitative estimate of drug-likeness (QED) is 0.0383. The van der Waals surface area contributed by atoms with Gasteiger partial charge in [-0.25, -0.2) is 9.59 Å². The SMILES string of the molecule is CC(=O)N1CCC[C@]12C/C=C/CCC[C@@]1(CCC/C=C/CCCOC(=O)N3CC[C@@](C(=O)N[C@@H](Cc4ccsc4)C(=O)N[C@@H](Cc4csc5ccccc45)C(=O)N[C@@H](CCC(N)=O)C(N)=O)(C3)NC(=O)[C@@H]3Cc4cn(nn4)CCCC[C@H](NC(=O)CNC(=O)[C@H](Cc4cccc(C(=O)O)c4)NC(=O)[C@H](CC(=O)O)NC1=O)C(=O)N[C@@H](Cc1ccccc1)C(=O)N3)NC(=O)[C@H](CC(C)(C)C)NC(=O)[C@H](CC(=O)O)NC2=O. The van der Waals surface area contributed by atoms with E-state index in [9.17, 15) is 72.9 Å². The number of nitrogens with two attached hydrogens (primary N) is 2. The largest absolute Gasteiger partial charge is 0.481 e. The van der Waals surface area contributed by atoms with Crippen LogP contribution in [0.25, 0.3) is 10.1 Å². The number of likely N-dealkylation sites (tertiary alicyclic amines) is 1. The van der Waals surface area contributed by atoms with Crippen molar-refractivity contribution in [3.8, 4) is 0 Å². The summed E-state index contributed by atoms with van der Waals surface area (Å²) in [6.45, 7) is 4.43. The average Bonchev–Trinajstić information content (AvgIpc) is 1.65. The molecule has 6 aromatic rings. The number of aliphatic carboxylic acids is 2. The zero-order valence-corrected chi connectivity index (χ0v) is 82.7. The third kappa shape index (κ3) is 31.6. The first-order chi connectivity index (χ1) is 69.1. The topological polar surface area (TPSA) is 657 Å². The average molecular weight is 2040 g/mol. The van der Waals surface area contributed by atoms with Gasteiger partial charge in [-0.2, -0.15) is 11.3 Å². The lowest BCUT2D eigenvalue weighted by atomic mass is 9.83. The fourth-order valence-electron chi connectivity index (χ4n) is 18.4. The summed E-state index contributed by atoms with van der Waals surface area (Å²) in [5, 5.41) is 80.3. The van der Waals surface area contributed by atoms with E-state index in [1.54, 1.807) is 104 Å². The number of nitrogens with zero attached hydrogens (tertiary/aromatic N) is 5. The van der Waals surface area contributed by atoms with Crippen molar-refractivity contribution >= 4 is 151 Å². The van der Waals surface area contributed by atoms with Gasteiger partial charge in [0, 0.05) is 76.0 Å². The second-order valence-corrected chi connectivity index (χ2v) is 40.0. The number of cyclic esters (lactones) is 1. The van der Waals surface area contributed by atoms with Crippen LogP contribution in [0.15, 0.2) is 132 Å². The molecule has 2 saturated heterocycles. The zero-order chi connectivity index (χ0) is 105. The van der Waals surface area contributed by atoms with Gasteiger partial charge in [0.1, 0.15) is 77.0 Å². The number of aromatic nitrogens is 3. The summed E-state index contributed by atoms with van der Waals surface area (Å²) in [6, 6.07) is 5.40. The van der Waals surface area contributed by atoms with Crippen LogP contribution in [0.4, 0.5) is 4.79 Å². The molecule has 145 heavy (non-hydrogen) atoms. The number of rotatable bonds is 24. The van der Waals surface area contributed by atoms with E-state index in [0.717, 1.165) is 15.0 Å². The van der Waals surface area contributed by atoms with Gasteiger partial charge in [0.05, 0.1) is 43.8 Å². The van der Waals surface area contributed by atoms with Crippen LogP contribution in [0.3, 0.4) is 0 Å². The lowest BCUT2D eigenvalue weighted by molar-refractivity contribution is -0.146. The number of aryl methyl sites for hydroxylation is 1. The molecular weight excluding hydrogens is 1920 g/mol. The molecule has 2 spiro atoms. The van der Waals surface area contributed by atoms with Crippen LogP contribution in [-0.2, 0) is 130 Å². The number of benzene rings is 3. The summed E-state index contributed by atoms with van der Waals surface area (Å²) in [5.41, 5.74) is 5.81. The lowest BCUT2D eigenvalue weighted by Gasteiger charge is -2.38. The first-order valence-corrected chi connectivity index (χ1v) is 50.1. The Morgan fingerprint density at radius 2 is 1.21 bits per heavy atom. The number of aromatic carboxylic acids is 1. The smallest absolute Gasteiger partial charge is 0.409 e. The highest BCUT2D eigenvalue weighted by atomic mass is 32.1. The summed E-state index contributed by atoms with van der Waals surface area (Å²) < 4.78 is 8.14. The molecule has 17 amide bonds. The van der Waals surface area contributed by atoms with E-state index < -0.39 is 246 Å². The molecule has 8 heterocycles. The summed E-state index contributed by atoms with van der Waals surface area (Å²) in [4.78, 5) is 293. The maximum absolute atomic E-state index is 16.1. The van der Waals surface area contributed by atoms with E-state index in [2.05, 4.69) is 79.4 Å². The Labute approximate surface area is 843 Å². The molecule has 44 nitrogen and oxygen atoms in total. The van der Waals surface area contributed by atoms with Crippen molar-refractivity contribution < 1.29 is 116 Å². The number of primary amides is 2. The molecule has 0 aliphatic carbocycles. The molecule has 3 aromatic carbocycles. The molecule has 13 atom stereocenters. The second-order valence-electron chi connectivity index (χ2n) is 38.3. The highest BCUT2D eigenvalue weighted by Crippen LogP contribution is 2.36. The monoisotopic (exact) mass is 2040 g/mol. The fraction of sp³-hybridized carbons (Fsp3) is 0.495. The van der Waals surface area contributed by atoms with E-state index in [-0.39, 0.29) is 165 Å². The molecule has 778 valence electrons. The van der Waals surface area contributed by atoms with Crippen molar-refractivity contribution in [2.75, 3.05) is 32.8 Å². The van der Waals surface area contributed by atoms with Gasteiger partial charge < -0.3 is 110 Å². The number of hydrogen-bond donors (Lipinski definition) is 18. The van der Waals surface area contributed by atoms with E-state index in [1.165, 1.54) is 69.6 Å². The maximum Gasteiger partial charge on any atom is 0.409 e. The molecule has 3 aromatic heterocycles. The van der Waals surface area contributed by atoms with Crippen LogP contribution in [0.5, 0.6) is 0 Å². The van der Waals surface area contributed by atoms with Gasteiger partial charge in [-0.1, -0.05) is 111 Å². The van der Waals surface area contributed by atoms with Crippen molar-refractivity contribution in [1.82, 2.24) is 93.9 Å². The molecule has 0 unspecified atom stereocenters. The van der Waals surface area contributed by atoms with E-state index in [4.69, 9.17) is 16.2 Å². The molecule has 46 heteroatoms. The molecule has 20 N–H and O–H groups in total. The third-order valence-corrected chi connectivity index (χ3v) is 27.7. The lowest BCUT2D eigenvalue weighted by Crippen LogP contribution is -2.67. The van der Waals surface area contributed by atoms with Gasteiger partial charge in [0.15, 0.2) is 0 Å². The Morgan fingerprint density at radius 1 is 0.579 bits per heavy atom. The van der Waals surface area contributed by atoms with Crippen molar-refractivity contribution in [3.63, 3.8) is 0 Å². The van der Waals surface area contributed by atoms with Gasteiger partial charge in [-0.05, 0) is 183 Å². The molecule has 5 aliphatic heterocycles. The van der Waals surface area contributed by atoms with Crippen LogP contribution in [0.2, 0.25) is 0 Å². The summed E-state index contributed by atoms with van der Waals surface area (Å²) in [5.74, 6) is -20.6. The minimum atomic E-state index is -2.25. The zero-order valence-electron chi connectivity index (χ0n) is 81.0. The fourth-order valence-corrected chi connectivity index (χ4v) is 20.0. The predicted molar refractivity (Wildman–Crippen MR) is 525 cm³/mol. The first-order valence-electron chi connectivity index (χ1n) is 48.3. The number of carbonyl (C=O) groups is 20. The summed E-state index contributed by atoms with van der Waals surface area (Å²) in [6.07, 6.45) is 2.48. The van der Waals surface area contributed by atoms with Crippen LogP contribution in [-0.4, -0.2) is 268 Å². The molecule has 0 radical (unpaired) electrons. The van der Waals surface area contributed by atoms with E-state index in [1.807, 2.05) is 18.2 Å². The van der Waals surface area contributed by atoms with Gasteiger partial charge in [0.25, 0.3) is 0 Å². The first kappa shape index (κ1) is 111. The van der Waals surface area contributed by atoms with Gasteiger partial charge in [0.2, 0.25) is 94.5 Å². The number of carboxylic acid groups (broad SMARTS) is 3. The molecule has 11 rings (SSSR count). The molecule has 5 aliphatic rings. The molecule has 2 fully saturated rings. The number of ether oxygens (including phenoxy) is 1. The third-order valence-electron chi connectivity index (χ3n) is 25.9. The van der Waals surface area contributed by atoms with Gasteiger partial charge >= 0.3 is 24.0 Å². The van der Waals surface area contributed by atoms with Gasteiger partial charge in [-0.15, -0.1) is 16.4 Å². The number of amides is 17. The number of carbonyl (C=O) groups excluding carboxylic acids is 17. The number of allylic oxidation sites excluding steroid dienone is 3. The van der Waals surface area contributed by atoms with Crippen LogP contribution >= 0.6 is 22.7 Å². The Bertz CT molecular complexity index is 5830. The number of hydrogen-bond acceptors (Lipinski definition) is 25. The minimum Gasteiger partial charge on any atom is -0.481 e. The summed E-state index contributed by atoms with van der Waals surface area (Å²) in [7, 11) is 0. The number of thiophene rings is 2. The van der Waals surface area contributed by atoms with E-state index >= 15 is 38.4 Å². The van der Waals surface area contributed by atoms with Crippen molar-refractivity contribution in [1.29, 1.82) is 0 Å². The number of fused-ring (bicyclic) bond motifs is 11. The Balaban J connectivity index is 0.969. The number of carboxylic acids is 3. The minimum absolute atomic E-state index is 0.00206. The summed E-state index contributed by atoms with van der Waals surface area (Å²) >= 11 is 2.61. The highest BCUT2D eigenvalue weighted by Gasteiger charge is 2.53. The van der Waals surface area contributed by atoms with Crippen molar-refractivity contribution in [3.05, 3.63) is 165 Å². The molecule has 0 saturated carbocycles. The Hall–Kier alpha value is -14.9. The van der Waals surface area contributed by atoms with Crippen LogP contribution in [0.1, 0.15) is 194 Å². The normalized spacial score (nSPS) is 24.4. The second kappa shape index (κ2) is 51.4. The van der Waals surface area contributed by atoms with Crippen LogP contribution < -0.4 is 80.6 Å². The standard InChI is InChI=1S/C99H126N20O24S2/c1-58(120)119-40-23-37-99(119)36-19-9-8-18-35-97(113-90(136)75(52-96(2,3)4)109-88(134)74(51-80(125)126)112-94(99)141)34-17-7-5-6-10-21-42-143-95(142)117-41-38-98(57-117,93(140)110-70(47-61-33-43-144-55-61)85(131)107-71(48-63-56-145-76-30-15-14-28-65(63)76)86(132)104-66(81(101)127)31-32-77(100)121)114-89(135)72-49-64-54-118(116-115-64)39-20-16-29-67(83(129)106-69(84(130)108-72)45-59-24-12-11-13-25-59)103-78(122)53-102-82(128)68(46-60-26-22-27-62(44-60)91(137)138)105-87(133)73(50-79(123)124)111-92(97)139/h5-6,9,11-15,19,22,24-28,30,33,43-44,54-56,66-75H,7-8,10,16-18,20-21,23,29,31-32,34-42,45-53,57H2,1-4H3,(H2,100,121)(H2,101,127)(H,102,128)(H,103,122)(H,104,132)(H,105,133)(H,106,129)(H,107,131)(H,108,130)(H,109,134)(H,110,140)(H,111,139)(H,112,141)(H,113,136)(H,114,135)(H,123,124)(H,125,126)(H,137,138)/b6-5+,19-9+/t66-,67-,68-,69-,70-,71-,72-,73-,74-,75-,97+,98-,99-/m0/s1. The molecule has 6 bridgehead atoms. The van der Waals surface area contributed by atoms with Crippen LogP contribution in [0, 0.1) is 5.41 Å². The predicted octanol–water partition coefficient (Wildman–Crippen LogP) is 1.63. The highest BCUT2D eigenvalue weighted by molar-refractivity contribution is 7.17. The van der Waals surface area contributed by atoms with Crippen molar-refractivity contribution in [2.45, 2.75) is 272 Å².